The van der Waals surface area contributed by atoms with Crippen LogP contribution in [-0.4, -0.2) is 51.7 Å². The fourth-order valence-corrected chi connectivity index (χ4v) is 7.35. The van der Waals surface area contributed by atoms with Crippen molar-refractivity contribution in [2.45, 2.75) is 36.9 Å². The topological polar surface area (TPSA) is 75.5 Å². The summed E-state index contributed by atoms with van der Waals surface area (Å²) in [7, 11) is 1.44. The lowest BCUT2D eigenvalue weighted by Crippen LogP contribution is -2.52. The molecule has 7 rings (SSSR count). The monoisotopic (exact) mass is 465 g/mol. The van der Waals surface area contributed by atoms with Crippen molar-refractivity contribution < 1.29 is 14.6 Å². The third-order valence-corrected chi connectivity index (χ3v) is 8.71. The highest BCUT2D eigenvalue weighted by molar-refractivity contribution is 5.86. The highest BCUT2D eigenvalue weighted by Gasteiger charge is 2.71. The summed E-state index contributed by atoms with van der Waals surface area (Å²) in [6, 6.07) is 16.1. The fraction of sp³-hybridized carbons (Fsp3) is 0.345. The summed E-state index contributed by atoms with van der Waals surface area (Å²) < 4.78 is 5.47. The number of fused-ring (bicyclic) bond motifs is 8. The van der Waals surface area contributed by atoms with Crippen molar-refractivity contribution >= 4 is 17.0 Å². The molecule has 6 nitrogen and oxygen atoms in total. The smallest absolute Gasteiger partial charge is 0.316 e. The fourth-order valence-electron chi connectivity index (χ4n) is 7.35. The van der Waals surface area contributed by atoms with Crippen molar-refractivity contribution in [3.63, 3.8) is 0 Å². The van der Waals surface area contributed by atoms with Crippen LogP contribution in [0.15, 0.2) is 72.8 Å². The third-order valence-electron chi connectivity index (χ3n) is 8.71. The molecule has 1 N–H and O–H groups in total. The predicted octanol–water partition coefficient (Wildman–Crippen LogP) is 3.98. The van der Waals surface area contributed by atoms with E-state index in [-0.39, 0.29) is 17.9 Å². The number of methoxy groups -OCH3 is 1. The Bertz CT molecular complexity index is 1420. The van der Waals surface area contributed by atoms with Crippen molar-refractivity contribution in [2.75, 3.05) is 13.7 Å². The molecule has 2 aliphatic heterocycles. The number of ether oxygens (including phenoxy) is 1. The maximum atomic E-state index is 13.8. The van der Waals surface area contributed by atoms with E-state index < -0.39 is 17.1 Å². The number of aromatic nitrogens is 2. The van der Waals surface area contributed by atoms with Crippen molar-refractivity contribution in [3.8, 4) is 11.3 Å². The molecule has 1 spiro atoms. The summed E-state index contributed by atoms with van der Waals surface area (Å²) in [5.41, 5.74) is 3.90. The van der Waals surface area contributed by atoms with Gasteiger partial charge in [-0.05, 0) is 43.5 Å². The van der Waals surface area contributed by atoms with E-state index >= 15 is 0 Å². The van der Waals surface area contributed by atoms with Gasteiger partial charge < -0.3 is 9.84 Å². The molecular formula is C29H27N3O3. The zero-order chi connectivity index (χ0) is 23.8. The van der Waals surface area contributed by atoms with Crippen LogP contribution in [-0.2, 0) is 15.1 Å². The minimum Gasteiger partial charge on any atom is -0.468 e. The van der Waals surface area contributed by atoms with Crippen molar-refractivity contribution in [1.29, 1.82) is 0 Å². The lowest BCUT2D eigenvalue weighted by atomic mass is 9.67. The Morgan fingerprint density at radius 1 is 1.09 bits per heavy atom. The van der Waals surface area contributed by atoms with Crippen LogP contribution in [0.25, 0.3) is 22.3 Å². The highest BCUT2D eigenvalue weighted by Crippen LogP contribution is 2.65. The molecule has 0 radical (unpaired) electrons. The number of hydrogen-bond acceptors (Lipinski definition) is 6. The van der Waals surface area contributed by atoms with E-state index in [1.54, 1.807) is 0 Å². The van der Waals surface area contributed by atoms with Gasteiger partial charge in [0.15, 0.2) is 0 Å². The second-order valence-corrected chi connectivity index (χ2v) is 10.2. The van der Waals surface area contributed by atoms with Crippen LogP contribution in [0.4, 0.5) is 0 Å². The summed E-state index contributed by atoms with van der Waals surface area (Å²) in [6.45, 7) is 0.828. The molecule has 3 aromatic rings. The van der Waals surface area contributed by atoms with Gasteiger partial charge in [-0.15, -0.1) is 0 Å². The van der Waals surface area contributed by atoms with Crippen molar-refractivity contribution in [2.24, 2.45) is 11.3 Å². The minimum absolute atomic E-state index is 0.153. The number of nitrogens with zero attached hydrogens (tertiary/aromatic N) is 3. The molecule has 2 aliphatic carbocycles. The van der Waals surface area contributed by atoms with Crippen LogP contribution in [0.2, 0.25) is 0 Å². The van der Waals surface area contributed by atoms with Crippen molar-refractivity contribution in [3.05, 3.63) is 84.1 Å². The maximum absolute atomic E-state index is 13.8. The lowest BCUT2D eigenvalue weighted by molar-refractivity contribution is -0.164. The van der Waals surface area contributed by atoms with E-state index in [4.69, 9.17) is 14.7 Å². The van der Waals surface area contributed by atoms with E-state index in [2.05, 4.69) is 17.0 Å². The second kappa shape index (κ2) is 7.33. The van der Waals surface area contributed by atoms with Gasteiger partial charge in [0.05, 0.1) is 41.2 Å². The van der Waals surface area contributed by atoms with E-state index in [1.165, 1.54) is 7.11 Å². The van der Waals surface area contributed by atoms with Crippen LogP contribution in [0, 0.1) is 11.3 Å². The maximum Gasteiger partial charge on any atom is 0.316 e. The number of esters is 1. The van der Waals surface area contributed by atoms with Gasteiger partial charge in [-0.25, -0.2) is 9.97 Å². The van der Waals surface area contributed by atoms with Crippen LogP contribution in [0.1, 0.15) is 30.5 Å². The summed E-state index contributed by atoms with van der Waals surface area (Å²) in [6.07, 6.45) is 9.11. The Hall–Kier alpha value is -3.35. The van der Waals surface area contributed by atoms with E-state index in [0.29, 0.717) is 6.42 Å². The van der Waals surface area contributed by atoms with E-state index in [1.807, 2.05) is 60.7 Å². The first-order chi connectivity index (χ1) is 17.1. The summed E-state index contributed by atoms with van der Waals surface area (Å²) in [5.74, 6) is -0.572. The number of benzene rings is 2. The zero-order valence-electron chi connectivity index (χ0n) is 19.6. The van der Waals surface area contributed by atoms with Gasteiger partial charge in [-0.1, -0.05) is 60.7 Å². The molecule has 2 fully saturated rings. The van der Waals surface area contributed by atoms with Gasteiger partial charge in [0.25, 0.3) is 0 Å². The van der Waals surface area contributed by atoms with Gasteiger partial charge in [-0.3, -0.25) is 9.69 Å². The average molecular weight is 466 g/mol. The Morgan fingerprint density at radius 3 is 2.57 bits per heavy atom. The molecule has 176 valence electrons. The second-order valence-electron chi connectivity index (χ2n) is 10.2. The molecule has 1 aromatic heterocycles. The van der Waals surface area contributed by atoms with Crippen LogP contribution in [0.3, 0.4) is 0 Å². The molecule has 0 amide bonds. The number of aliphatic hydroxyl groups excluding tert-OH is 1. The Morgan fingerprint density at radius 2 is 1.80 bits per heavy atom. The quantitative estimate of drug-likeness (QED) is 0.590. The molecule has 35 heavy (non-hydrogen) atoms. The summed E-state index contributed by atoms with van der Waals surface area (Å²) in [5, 5.41) is 11.9. The molecule has 2 saturated heterocycles. The first kappa shape index (κ1) is 21.0. The molecular weight excluding hydrogens is 438 g/mol. The standard InChI is InChI=1S/C29H27N3O3/c1-35-27(34)28(26(33)18-9-2-3-10-18)17-29(32-16-8-15-23(28)32)20-12-5-4-11-19(20)24-25(29)31-22-14-7-6-13-21(22)30-24/h2-7,9-14,18,23,26,33H,8,15-17H2,1H3/t23?,26?,28?,29-/m1/s1. The van der Waals surface area contributed by atoms with E-state index in [9.17, 15) is 9.90 Å². The van der Waals surface area contributed by atoms with Gasteiger partial charge in [0, 0.05) is 17.5 Å². The number of carbonyl (C=O) groups excluding carboxylic acids is 1. The summed E-state index contributed by atoms with van der Waals surface area (Å²) >= 11 is 0. The predicted molar refractivity (Wildman–Crippen MR) is 132 cm³/mol. The highest BCUT2D eigenvalue weighted by atomic mass is 16.5. The lowest BCUT2D eigenvalue weighted by Gasteiger charge is -2.38. The van der Waals surface area contributed by atoms with Gasteiger partial charge in [0.1, 0.15) is 5.41 Å². The van der Waals surface area contributed by atoms with Gasteiger partial charge in [0.2, 0.25) is 0 Å². The van der Waals surface area contributed by atoms with Gasteiger partial charge >= 0.3 is 5.97 Å². The Kier molecular flexibility index (Phi) is 4.39. The van der Waals surface area contributed by atoms with Crippen LogP contribution < -0.4 is 0 Å². The normalized spacial score (nSPS) is 29.6. The first-order valence-electron chi connectivity index (χ1n) is 12.4. The molecule has 3 unspecified atom stereocenters. The Labute approximate surface area is 204 Å². The molecule has 3 heterocycles. The first-order valence-corrected chi connectivity index (χ1v) is 12.4. The number of rotatable bonds is 3. The van der Waals surface area contributed by atoms with Crippen molar-refractivity contribution in [1.82, 2.24) is 14.9 Å². The Balaban J connectivity index is 1.52. The third kappa shape index (κ3) is 2.53. The number of para-hydroxylation sites is 2. The number of carbonyl (C=O) groups is 1. The minimum atomic E-state index is -1.09. The molecule has 2 aromatic carbocycles. The van der Waals surface area contributed by atoms with Crippen LogP contribution in [0.5, 0.6) is 0 Å². The summed E-state index contributed by atoms with van der Waals surface area (Å²) in [4.78, 5) is 26.5. The number of allylic oxidation sites excluding steroid dienone is 2. The SMILES string of the molecule is COC(=O)C1(C(O)C2C=CC=C2)C[C@]2(c3ccccc3-c3nc4ccccc4nc32)N2CCCC21. The average Bonchev–Trinajstić information content (AvgIpc) is 3.68. The van der Waals surface area contributed by atoms with Crippen LogP contribution >= 0.6 is 0 Å². The number of hydrogen-bond donors (Lipinski definition) is 1. The zero-order valence-corrected chi connectivity index (χ0v) is 19.6. The van der Waals surface area contributed by atoms with E-state index in [0.717, 1.165) is 52.9 Å². The molecule has 4 atom stereocenters. The molecule has 0 saturated carbocycles. The van der Waals surface area contributed by atoms with Gasteiger partial charge in [-0.2, -0.15) is 0 Å². The molecule has 4 aliphatic rings. The number of aliphatic hydroxyl groups is 1. The molecule has 6 heteroatoms. The molecule has 0 bridgehead atoms. The largest absolute Gasteiger partial charge is 0.468 e.